The van der Waals surface area contributed by atoms with E-state index in [1.54, 1.807) is 0 Å². The van der Waals surface area contributed by atoms with Crippen LogP contribution in [0.1, 0.15) is 37.9 Å². The fraction of sp³-hybridized carbons (Fsp3) is 0.588. The molecule has 0 aromatic carbocycles. The lowest BCUT2D eigenvalue weighted by molar-refractivity contribution is 0.0904. The van der Waals surface area contributed by atoms with E-state index >= 15 is 0 Å². The normalized spacial score (nSPS) is 15.9. The fourth-order valence-electron chi connectivity index (χ4n) is 3.19. The molecule has 6 nitrogen and oxygen atoms in total. The van der Waals surface area contributed by atoms with Crippen molar-refractivity contribution in [3.05, 3.63) is 17.5 Å². The average Bonchev–Trinajstić information content (AvgIpc) is 3.00. The molecule has 1 aliphatic heterocycles. The highest BCUT2D eigenvalue weighted by Crippen LogP contribution is 2.31. The van der Waals surface area contributed by atoms with Crippen LogP contribution in [0.3, 0.4) is 0 Å². The Hall–Kier alpha value is -1.95. The number of nitrogens with zero attached hydrogens (tertiary/aromatic N) is 4. The summed E-state index contributed by atoms with van der Waals surface area (Å²) in [6, 6.07) is 0.424. The Morgan fingerprint density at radius 3 is 2.83 bits per heavy atom. The summed E-state index contributed by atoms with van der Waals surface area (Å²) in [5.41, 5.74) is 4.31. The van der Waals surface area contributed by atoms with Crippen molar-refractivity contribution < 1.29 is 4.74 Å². The number of aromatic nitrogens is 3. The minimum absolute atomic E-state index is 0.424. The molecule has 2 aromatic heterocycles. The number of rotatable bonds is 6. The molecule has 2 aromatic rings. The molecule has 124 valence electrons. The lowest BCUT2D eigenvalue weighted by atomic mass is 10.0. The van der Waals surface area contributed by atoms with Crippen LogP contribution in [0.2, 0.25) is 0 Å². The summed E-state index contributed by atoms with van der Waals surface area (Å²) < 4.78 is 7.42. The number of aryl methyl sites for hydroxylation is 2. The van der Waals surface area contributed by atoms with Gasteiger partial charge >= 0.3 is 0 Å². The predicted octanol–water partition coefficient (Wildman–Crippen LogP) is 2.81. The number of hydrogen-bond donors (Lipinski definition) is 1. The number of nitrogens with one attached hydrogen (secondary N) is 1. The van der Waals surface area contributed by atoms with E-state index < -0.39 is 0 Å². The molecule has 0 spiro atoms. The third kappa shape index (κ3) is 3.08. The maximum absolute atomic E-state index is 5.47. The monoisotopic (exact) mass is 315 g/mol. The first-order chi connectivity index (χ1) is 11.3. The minimum atomic E-state index is 0.424. The number of aliphatic imine (C=N–C) groups is 1. The summed E-state index contributed by atoms with van der Waals surface area (Å²) in [4.78, 5) is 8.96. The zero-order chi connectivity index (χ0) is 16.2. The summed E-state index contributed by atoms with van der Waals surface area (Å²) in [7, 11) is 0. The smallest absolute Gasteiger partial charge is 0.160 e. The van der Waals surface area contributed by atoms with Crippen LogP contribution in [-0.2, 0) is 24.2 Å². The van der Waals surface area contributed by atoms with Crippen molar-refractivity contribution in [2.75, 3.05) is 18.5 Å². The zero-order valence-electron chi connectivity index (χ0n) is 14.0. The maximum Gasteiger partial charge on any atom is 0.160 e. The van der Waals surface area contributed by atoms with Crippen LogP contribution < -0.4 is 5.32 Å². The molecule has 3 rings (SSSR count). The summed E-state index contributed by atoms with van der Waals surface area (Å²) >= 11 is 0. The fourth-order valence-corrected chi connectivity index (χ4v) is 3.19. The van der Waals surface area contributed by atoms with Gasteiger partial charge in [-0.1, -0.05) is 6.92 Å². The molecule has 1 N–H and O–H groups in total. The molecule has 0 radical (unpaired) electrons. The van der Waals surface area contributed by atoms with E-state index in [9.17, 15) is 0 Å². The second-order valence-electron chi connectivity index (χ2n) is 5.88. The van der Waals surface area contributed by atoms with Gasteiger partial charge in [0.05, 0.1) is 23.8 Å². The largest absolute Gasteiger partial charge is 0.381 e. The van der Waals surface area contributed by atoms with E-state index in [1.165, 1.54) is 0 Å². The first-order valence-corrected chi connectivity index (χ1v) is 8.42. The van der Waals surface area contributed by atoms with Crippen molar-refractivity contribution in [3.63, 3.8) is 0 Å². The minimum Gasteiger partial charge on any atom is -0.381 e. The van der Waals surface area contributed by atoms with Gasteiger partial charge in [0.2, 0.25) is 0 Å². The second kappa shape index (κ2) is 7.08. The van der Waals surface area contributed by atoms with Gasteiger partial charge in [0.15, 0.2) is 5.65 Å². The van der Waals surface area contributed by atoms with Gasteiger partial charge in [-0.05, 0) is 32.9 Å². The van der Waals surface area contributed by atoms with Gasteiger partial charge in [-0.2, -0.15) is 5.10 Å². The van der Waals surface area contributed by atoms with Crippen LogP contribution in [-0.4, -0.2) is 40.7 Å². The molecule has 1 aliphatic rings. The maximum atomic E-state index is 5.47. The Bertz CT molecular complexity index is 688. The number of ether oxygens (including phenoxy) is 1. The lowest BCUT2D eigenvalue weighted by Gasteiger charge is -2.26. The molecule has 0 bridgehead atoms. The average molecular weight is 315 g/mol. The van der Waals surface area contributed by atoms with E-state index in [2.05, 4.69) is 36.0 Å². The van der Waals surface area contributed by atoms with Gasteiger partial charge in [0.25, 0.3) is 0 Å². The first kappa shape index (κ1) is 15.9. The molecular weight excluding hydrogens is 290 g/mol. The summed E-state index contributed by atoms with van der Waals surface area (Å²) in [5.74, 6) is 0. The van der Waals surface area contributed by atoms with Gasteiger partial charge in [-0.3, -0.25) is 4.99 Å². The van der Waals surface area contributed by atoms with Crippen LogP contribution in [0.4, 0.5) is 5.69 Å². The molecule has 0 aliphatic carbocycles. The topological polar surface area (TPSA) is 64.3 Å². The van der Waals surface area contributed by atoms with Crippen LogP contribution >= 0.6 is 0 Å². The third-order valence-electron chi connectivity index (χ3n) is 4.45. The van der Waals surface area contributed by atoms with Crippen molar-refractivity contribution in [2.45, 2.75) is 52.2 Å². The van der Waals surface area contributed by atoms with Crippen molar-refractivity contribution in [2.24, 2.45) is 4.99 Å². The first-order valence-electron chi connectivity index (χ1n) is 8.42. The van der Waals surface area contributed by atoms with Crippen LogP contribution in [0.15, 0.2) is 11.2 Å². The molecule has 1 saturated heterocycles. The number of hydrogen-bond acceptors (Lipinski definition) is 5. The summed E-state index contributed by atoms with van der Waals surface area (Å²) in [5, 5.41) is 9.29. The van der Waals surface area contributed by atoms with Gasteiger partial charge in [0.1, 0.15) is 0 Å². The molecule has 3 heterocycles. The van der Waals surface area contributed by atoms with E-state index in [0.717, 1.165) is 67.0 Å². The Balaban J connectivity index is 2.11. The van der Waals surface area contributed by atoms with E-state index in [1.807, 2.05) is 10.9 Å². The number of anilines is 1. The molecular formula is C17H25N5O. The van der Waals surface area contributed by atoms with Gasteiger partial charge in [-0.15, -0.1) is 0 Å². The lowest BCUT2D eigenvalue weighted by Crippen LogP contribution is -2.28. The van der Waals surface area contributed by atoms with E-state index in [0.29, 0.717) is 12.6 Å². The molecule has 0 amide bonds. The molecule has 0 atom stereocenters. The molecule has 23 heavy (non-hydrogen) atoms. The predicted molar refractivity (Wildman–Crippen MR) is 93.3 cm³/mol. The SMILES string of the molecule is C=NCc1c(CC)nc2c(cnn2CC)c1NC1CCOCC1. The Labute approximate surface area is 137 Å². The van der Waals surface area contributed by atoms with E-state index in [4.69, 9.17) is 9.72 Å². The van der Waals surface area contributed by atoms with Crippen molar-refractivity contribution in [3.8, 4) is 0 Å². The Morgan fingerprint density at radius 2 is 2.17 bits per heavy atom. The van der Waals surface area contributed by atoms with Crippen LogP contribution in [0.5, 0.6) is 0 Å². The number of fused-ring (bicyclic) bond motifs is 1. The molecule has 0 unspecified atom stereocenters. The standard InChI is InChI=1S/C17H25N5O/c1-4-15-13(10-18-3)16(20-12-6-8-23-9-7-12)14-11-19-22(5-2)17(14)21-15/h11-12H,3-10H2,1-2H3,(H,20,21). The second-order valence-corrected chi connectivity index (χ2v) is 5.88. The molecule has 0 saturated carbocycles. The Morgan fingerprint density at radius 1 is 1.39 bits per heavy atom. The highest BCUT2D eigenvalue weighted by Gasteiger charge is 2.21. The Kier molecular flexibility index (Phi) is 4.91. The van der Waals surface area contributed by atoms with Crippen molar-refractivity contribution in [1.29, 1.82) is 0 Å². The van der Waals surface area contributed by atoms with Gasteiger partial charge < -0.3 is 10.1 Å². The zero-order valence-corrected chi connectivity index (χ0v) is 14.0. The van der Waals surface area contributed by atoms with Gasteiger partial charge in [-0.25, -0.2) is 9.67 Å². The highest BCUT2D eigenvalue weighted by atomic mass is 16.5. The third-order valence-corrected chi connectivity index (χ3v) is 4.45. The van der Waals surface area contributed by atoms with Crippen LogP contribution in [0, 0.1) is 0 Å². The molecule has 1 fully saturated rings. The number of pyridine rings is 1. The van der Waals surface area contributed by atoms with Gasteiger partial charge in [0, 0.05) is 37.1 Å². The highest BCUT2D eigenvalue weighted by molar-refractivity contribution is 5.91. The van der Waals surface area contributed by atoms with Crippen LogP contribution in [0.25, 0.3) is 11.0 Å². The van der Waals surface area contributed by atoms with E-state index in [-0.39, 0.29) is 0 Å². The summed E-state index contributed by atoms with van der Waals surface area (Å²) in [6.45, 7) is 10.9. The summed E-state index contributed by atoms with van der Waals surface area (Å²) in [6.07, 6.45) is 4.83. The van der Waals surface area contributed by atoms with Crippen molar-refractivity contribution >= 4 is 23.4 Å². The van der Waals surface area contributed by atoms with Crippen molar-refractivity contribution in [1.82, 2.24) is 14.8 Å². The molecule has 6 heteroatoms. The quantitative estimate of drug-likeness (QED) is 0.833.